The first-order chi connectivity index (χ1) is 7.60. The van der Waals surface area contributed by atoms with Crippen molar-refractivity contribution in [3.63, 3.8) is 0 Å². The summed E-state index contributed by atoms with van der Waals surface area (Å²) in [5.41, 5.74) is 1.27. The largest absolute Gasteiger partial charge is 0.508 e. The first-order valence-corrected chi connectivity index (χ1v) is 6.09. The van der Waals surface area contributed by atoms with Gasteiger partial charge in [0, 0.05) is 0 Å². The van der Waals surface area contributed by atoms with E-state index in [-0.39, 0.29) is 17.5 Å². The van der Waals surface area contributed by atoms with Crippen molar-refractivity contribution in [3.05, 3.63) is 29.1 Å². The van der Waals surface area contributed by atoms with Crippen molar-refractivity contribution in [1.29, 1.82) is 0 Å². The maximum absolute atomic E-state index is 13.8. The molecule has 2 heteroatoms. The van der Waals surface area contributed by atoms with E-state index >= 15 is 0 Å². The lowest BCUT2D eigenvalue weighted by molar-refractivity contribution is 0.461. The number of hydrogen-bond donors (Lipinski definition) is 1. The third kappa shape index (κ3) is 2.97. The molecule has 0 aromatic heterocycles. The molecule has 90 valence electrons. The molecule has 1 nitrogen and oxygen atoms in total. The minimum Gasteiger partial charge on any atom is -0.508 e. The third-order valence-corrected chi connectivity index (χ3v) is 3.15. The lowest BCUT2D eigenvalue weighted by Crippen LogP contribution is -2.01. The molecule has 1 rings (SSSR count). The number of phenolic OH excluding ortho intramolecular Hbond substituents is 1. The van der Waals surface area contributed by atoms with Crippen molar-refractivity contribution in [1.82, 2.24) is 0 Å². The van der Waals surface area contributed by atoms with Crippen LogP contribution in [0.4, 0.5) is 4.39 Å². The normalized spacial score (nSPS) is 12.8. The van der Waals surface area contributed by atoms with E-state index in [0.717, 1.165) is 25.7 Å². The highest BCUT2D eigenvalue weighted by molar-refractivity contribution is 5.38. The van der Waals surface area contributed by atoms with Crippen molar-refractivity contribution < 1.29 is 9.50 Å². The molecule has 1 atom stereocenters. The van der Waals surface area contributed by atoms with Gasteiger partial charge in [-0.2, -0.15) is 0 Å². The SMILES string of the molecule is CCCCC(CC)c1cc(O)c(C)cc1F. The van der Waals surface area contributed by atoms with Crippen LogP contribution < -0.4 is 0 Å². The van der Waals surface area contributed by atoms with Gasteiger partial charge in [-0.15, -0.1) is 0 Å². The highest BCUT2D eigenvalue weighted by atomic mass is 19.1. The molecule has 0 saturated heterocycles. The summed E-state index contributed by atoms with van der Waals surface area (Å²) >= 11 is 0. The van der Waals surface area contributed by atoms with E-state index in [2.05, 4.69) is 13.8 Å². The fraction of sp³-hybridized carbons (Fsp3) is 0.571. The number of aromatic hydroxyl groups is 1. The molecule has 1 aromatic rings. The maximum atomic E-state index is 13.8. The summed E-state index contributed by atoms with van der Waals surface area (Å²) in [5, 5.41) is 9.63. The molecule has 0 fully saturated rings. The average Bonchev–Trinajstić information content (AvgIpc) is 2.26. The summed E-state index contributed by atoms with van der Waals surface area (Å²) in [6, 6.07) is 3.02. The van der Waals surface area contributed by atoms with Gasteiger partial charge in [0.15, 0.2) is 0 Å². The summed E-state index contributed by atoms with van der Waals surface area (Å²) in [7, 11) is 0. The topological polar surface area (TPSA) is 20.2 Å². The minimum absolute atomic E-state index is 0.182. The molecule has 0 saturated carbocycles. The molecule has 0 heterocycles. The van der Waals surface area contributed by atoms with Crippen LogP contribution in [0.1, 0.15) is 56.6 Å². The molecular formula is C14H21FO. The zero-order chi connectivity index (χ0) is 12.1. The van der Waals surface area contributed by atoms with E-state index in [4.69, 9.17) is 0 Å². The van der Waals surface area contributed by atoms with Gasteiger partial charge in [0.2, 0.25) is 0 Å². The molecule has 1 N–H and O–H groups in total. The Balaban J connectivity index is 2.95. The third-order valence-electron chi connectivity index (χ3n) is 3.15. The Hall–Kier alpha value is -1.05. The van der Waals surface area contributed by atoms with E-state index < -0.39 is 0 Å². The Morgan fingerprint density at radius 3 is 2.56 bits per heavy atom. The summed E-state index contributed by atoms with van der Waals surface area (Å²) in [4.78, 5) is 0. The van der Waals surface area contributed by atoms with Crippen LogP contribution in [-0.4, -0.2) is 5.11 Å². The number of aryl methyl sites for hydroxylation is 1. The fourth-order valence-corrected chi connectivity index (χ4v) is 2.02. The second kappa shape index (κ2) is 5.88. The van der Waals surface area contributed by atoms with Crippen LogP contribution in [0.2, 0.25) is 0 Å². The summed E-state index contributed by atoms with van der Waals surface area (Å²) < 4.78 is 13.8. The Labute approximate surface area is 97.3 Å². The molecule has 1 aromatic carbocycles. The summed E-state index contributed by atoms with van der Waals surface area (Å²) in [6.45, 7) is 5.92. The highest BCUT2D eigenvalue weighted by Crippen LogP contribution is 2.31. The van der Waals surface area contributed by atoms with Crippen molar-refractivity contribution in [2.24, 2.45) is 0 Å². The van der Waals surface area contributed by atoms with Gasteiger partial charge in [-0.05, 0) is 48.9 Å². The van der Waals surface area contributed by atoms with Crippen LogP contribution in [0.3, 0.4) is 0 Å². The highest BCUT2D eigenvalue weighted by Gasteiger charge is 2.15. The minimum atomic E-state index is -0.182. The van der Waals surface area contributed by atoms with Crippen LogP contribution >= 0.6 is 0 Å². The molecule has 0 bridgehead atoms. The summed E-state index contributed by atoms with van der Waals surface area (Å²) in [5.74, 6) is 0.246. The van der Waals surface area contributed by atoms with Gasteiger partial charge >= 0.3 is 0 Å². The summed E-state index contributed by atoms with van der Waals surface area (Å²) in [6.07, 6.45) is 4.13. The number of rotatable bonds is 5. The Kier molecular flexibility index (Phi) is 4.78. The first kappa shape index (κ1) is 13.0. The van der Waals surface area contributed by atoms with Crippen LogP contribution in [0.25, 0.3) is 0 Å². The number of phenols is 1. The van der Waals surface area contributed by atoms with Crippen LogP contribution in [0, 0.1) is 12.7 Å². The predicted octanol–water partition coefficient (Wildman–Crippen LogP) is 4.52. The van der Waals surface area contributed by atoms with Crippen molar-refractivity contribution in [2.45, 2.75) is 52.4 Å². The lowest BCUT2D eigenvalue weighted by atomic mass is 9.90. The molecule has 16 heavy (non-hydrogen) atoms. The zero-order valence-electron chi connectivity index (χ0n) is 10.4. The quantitative estimate of drug-likeness (QED) is 0.779. The van der Waals surface area contributed by atoms with Gasteiger partial charge < -0.3 is 5.11 Å². The molecule has 0 aliphatic carbocycles. The van der Waals surface area contributed by atoms with Gasteiger partial charge in [0.25, 0.3) is 0 Å². The maximum Gasteiger partial charge on any atom is 0.127 e. The monoisotopic (exact) mass is 224 g/mol. The molecular weight excluding hydrogens is 203 g/mol. The van der Waals surface area contributed by atoms with Gasteiger partial charge in [-0.25, -0.2) is 4.39 Å². The van der Waals surface area contributed by atoms with Crippen LogP contribution in [-0.2, 0) is 0 Å². The molecule has 0 radical (unpaired) electrons. The number of benzene rings is 1. The standard InChI is InChI=1S/C14H21FO/c1-4-6-7-11(5-2)12-9-14(16)10(3)8-13(12)15/h8-9,11,16H,4-7H2,1-3H3. The molecule has 0 amide bonds. The van der Waals surface area contributed by atoms with Crippen molar-refractivity contribution >= 4 is 0 Å². The molecule has 1 unspecified atom stereocenters. The van der Waals surface area contributed by atoms with E-state index in [1.165, 1.54) is 6.07 Å². The van der Waals surface area contributed by atoms with Gasteiger partial charge in [-0.1, -0.05) is 26.7 Å². The van der Waals surface area contributed by atoms with Gasteiger partial charge in [0.1, 0.15) is 11.6 Å². The Bertz CT molecular complexity index is 347. The van der Waals surface area contributed by atoms with Gasteiger partial charge in [0.05, 0.1) is 0 Å². The number of hydrogen-bond acceptors (Lipinski definition) is 1. The van der Waals surface area contributed by atoms with Crippen molar-refractivity contribution in [2.75, 3.05) is 0 Å². The molecule has 0 spiro atoms. The van der Waals surface area contributed by atoms with E-state index in [9.17, 15) is 9.50 Å². The van der Waals surface area contributed by atoms with E-state index in [1.807, 2.05) is 0 Å². The Morgan fingerprint density at radius 2 is 2.00 bits per heavy atom. The average molecular weight is 224 g/mol. The second-order valence-electron chi connectivity index (χ2n) is 4.41. The Morgan fingerprint density at radius 1 is 1.31 bits per heavy atom. The van der Waals surface area contributed by atoms with Gasteiger partial charge in [-0.3, -0.25) is 0 Å². The second-order valence-corrected chi connectivity index (χ2v) is 4.41. The van der Waals surface area contributed by atoms with E-state index in [0.29, 0.717) is 11.1 Å². The molecule has 0 aliphatic heterocycles. The van der Waals surface area contributed by atoms with Crippen molar-refractivity contribution in [3.8, 4) is 5.75 Å². The van der Waals surface area contributed by atoms with Crippen LogP contribution in [0.5, 0.6) is 5.75 Å². The predicted molar refractivity (Wildman–Crippen MR) is 65.4 cm³/mol. The lowest BCUT2D eigenvalue weighted by Gasteiger charge is -2.16. The zero-order valence-corrected chi connectivity index (χ0v) is 10.4. The first-order valence-electron chi connectivity index (χ1n) is 6.09. The number of halogens is 1. The number of unbranched alkanes of at least 4 members (excludes halogenated alkanes) is 1. The van der Waals surface area contributed by atoms with E-state index in [1.54, 1.807) is 13.0 Å². The molecule has 0 aliphatic rings. The van der Waals surface area contributed by atoms with Crippen LogP contribution in [0.15, 0.2) is 12.1 Å². The fourth-order valence-electron chi connectivity index (χ4n) is 2.02. The smallest absolute Gasteiger partial charge is 0.127 e.